The molecule has 0 saturated carbocycles. The monoisotopic (exact) mass is 276 g/mol. The maximum atomic E-state index is 13.7. The van der Waals surface area contributed by atoms with Gasteiger partial charge in [0.15, 0.2) is 0 Å². The zero-order valence-electron chi connectivity index (χ0n) is 10.5. The molecule has 0 aliphatic carbocycles. The number of nitrogen functional groups attached to an aromatic ring is 1. The Balaban J connectivity index is 2.15. The normalized spacial score (nSPS) is 17.6. The summed E-state index contributed by atoms with van der Waals surface area (Å²) >= 11 is 5.76. The lowest BCUT2D eigenvalue weighted by Crippen LogP contribution is -2.24. The first kappa shape index (κ1) is 12.3. The van der Waals surface area contributed by atoms with Crippen LogP contribution in [0.15, 0.2) is 36.4 Å². The molecule has 0 aromatic heterocycles. The molecule has 1 aliphatic heterocycles. The fourth-order valence-electron chi connectivity index (χ4n) is 2.69. The summed E-state index contributed by atoms with van der Waals surface area (Å²) in [5.74, 6) is -0.442. The molecule has 1 unspecified atom stereocenters. The van der Waals surface area contributed by atoms with E-state index in [2.05, 4.69) is 17.9 Å². The standard InChI is InChI=1S/C15H14ClFN2/c1-9-6-10-4-2-3-5-14(10)19(9)15-8-12(17)11(16)7-13(15)18/h2-5,7-9H,6,18H2,1H3. The van der Waals surface area contributed by atoms with Gasteiger partial charge in [0.25, 0.3) is 0 Å². The van der Waals surface area contributed by atoms with Crippen molar-refractivity contribution in [2.45, 2.75) is 19.4 Å². The number of rotatable bonds is 1. The molecule has 0 amide bonds. The molecule has 1 aliphatic rings. The minimum atomic E-state index is -0.442. The van der Waals surface area contributed by atoms with Crippen molar-refractivity contribution in [2.75, 3.05) is 10.6 Å². The Morgan fingerprint density at radius 3 is 2.79 bits per heavy atom. The van der Waals surface area contributed by atoms with E-state index in [9.17, 15) is 4.39 Å². The molecule has 1 atom stereocenters. The third kappa shape index (κ3) is 1.94. The molecule has 0 fully saturated rings. The van der Waals surface area contributed by atoms with Gasteiger partial charge in [-0.1, -0.05) is 29.8 Å². The van der Waals surface area contributed by atoms with Crippen LogP contribution in [0.5, 0.6) is 0 Å². The van der Waals surface area contributed by atoms with Crippen molar-refractivity contribution < 1.29 is 4.39 Å². The van der Waals surface area contributed by atoms with Gasteiger partial charge < -0.3 is 10.6 Å². The average Bonchev–Trinajstić information content (AvgIpc) is 2.70. The van der Waals surface area contributed by atoms with Crippen LogP contribution in [0.1, 0.15) is 12.5 Å². The van der Waals surface area contributed by atoms with Crippen LogP contribution in [-0.2, 0) is 6.42 Å². The van der Waals surface area contributed by atoms with Crippen molar-refractivity contribution in [3.8, 4) is 0 Å². The molecule has 0 spiro atoms. The van der Waals surface area contributed by atoms with Crippen molar-refractivity contribution in [1.29, 1.82) is 0 Å². The van der Waals surface area contributed by atoms with Gasteiger partial charge in [-0.3, -0.25) is 0 Å². The number of fused-ring (bicyclic) bond motifs is 1. The molecule has 2 N–H and O–H groups in total. The van der Waals surface area contributed by atoms with E-state index in [1.807, 2.05) is 18.2 Å². The molecule has 98 valence electrons. The van der Waals surface area contributed by atoms with Gasteiger partial charge in [0.1, 0.15) is 5.82 Å². The second-order valence-electron chi connectivity index (χ2n) is 4.88. The number of anilines is 3. The van der Waals surface area contributed by atoms with Crippen molar-refractivity contribution in [3.05, 3.63) is 52.8 Å². The van der Waals surface area contributed by atoms with Gasteiger partial charge in [-0.05, 0) is 31.0 Å². The third-order valence-corrected chi connectivity index (χ3v) is 3.83. The highest BCUT2D eigenvalue weighted by Crippen LogP contribution is 2.41. The first-order valence-corrected chi connectivity index (χ1v) is 6.57. The topological polar surface area (TPSA) is 29.3 Å². The van der Waals surface area contributed by atoms with E-state index in [4.69, 9.17) is 17.3 Å². The van der Waals surface area contributed by atoms with Crippen LogP contribution >= 0.6 is 11.6 Å². The number of hydrogen-bond acceptors (Lipinski definition) is 2. The molecule has 19 heavy (non-hydrogen) atoms. The van der Waals surface area contributed by atoms with E-state index in [-0.39, 0.29) is 11.1 Å². The summed E-state index contributed by atoms with van der Waals surface area (Å²) in [4.78, 5) is 2.07. The Morgan fingerprint density at radius 2 is 2.00 bits per heavy atom. The number of hydrogen-bond donors (Lipinski definition) is 1. The highest BCUT2D eigenvalue weighted by atomic mass is 35.5. The lowest BCUT2D eigenvalue weighted by molar-refractivity contribution is 0.627. The summed E-state index contributed by atoms with van der Waals surface area (Å²) in [5.41, 5.74) is 9.51. The molecule has 0 bridgehead atoms. The third-order valence-electron chi connectivity index (χ3n) is 3.54. The van der Waals surface area contributed by atoms with Crippen molar-refractivity contribution in [1.82, 2.24) is 0 Å². The molecule has 2 nitrogen and oxygen atoms in total. The first-order chi connectivity index (χ1) is 9.08. The molecule has 3 rings (SSSR count). The number of nitrogens with two attached hydrogens (primary N) is 1. The van der Waals surface area contributed by atoms with Crippen LogP contribution in [0.4, 0.5) is 21.5 Å². The maximum absolute atomic E-state index is 13.7. The molecule has 2 aromatic rings. The second-order valence-corrected chi connectivity index (χ2v) is 5.28. The number of benzene rings is 2. The molecule has 4 heteroatoms. The summed E-state index contributed by atoms with van der Waals surface area (Å²) in [5, 5.41) is 0.0568. The molecular formula is C15H14ClFN2. The van der Waals surface area contributed by atoms with E-state index in [1.165, 1.54) is 17.7 Å². The molecular weight excluding hydrogens is 263 g/mol. The molecule has 0 radical (unpaired) electrons. The predicted octanol–water partition coefficient (Wildman–Crippen LogP) is 4.14. The average molecular weight is 277 g/mol. The molecule has 2 aromatic carbocycles. The largest absolute Gasteiger partial charge is 0.397 e. The highest BCUT2D eigenvalue weighted by Gasteiger charge is 2.28. The minimum Gasteiger partial charge on any atom is -0.397 e. The SMILES string of the molecule is CC1Cc2ccccc2N1c1cc(F)c(Cl)cc1N. The van der Waals surface area contributed by atoms with Crippen LogP contribution in [0.25, 0.3) is 0 Å². The highest BCUT2D eigenvalue weighted by molar-refractivity contribution is 6.31. The summed E-state index contributed by atoms with van der Waals surface area (Å²) in [6.45, 7) is 2.10. The summed E-state index contributed by atoms with van der Waals surface area (Å²) in [7, 11) is 0. The van der Waals surface area contributed by atoms with Gasteiger partial charge in [-0.2, -0.15) is 0 Å². The van der Waals surface area contributed by atoms with E-state index in [0.29, 0.717) is 11.4 Å². The van der Waals surface area contributed by atoms with Gasteiger partial charge in [0.05, 0.1) is 16.4 Å². The first-order valence-electron chi connectivity index (χ1n) is 6.19. The molecule has 0 saturated heterocycles. The number of para-hydroxylation sites is 1. The van der Waals surface area contributed by atoms with Gasteiger partial charge in [0.2, 0.25) is 0 Å². The lowest BCUT2D eigenvalue weighted by Gasteiger charge is -2.26. The second kappa shape index (κ2) is 4.42. The van der Waals surface area contributed by atoms with Crippen LogP contribution in [0, 0.1) is 5.82 Å². The molecule has 1 heterocycles. The summed E-state index contributed by atoms with van der Waals surface area (Å²) in [6.07, 6.45) is 0.930. The van der Waals surface area contributed by atoms with Crippen LogP contribution < -0.4 is 10.6 Å². The van der Waals surface area contributed by atoms with Gasteiger partial charge in [-0.25, -0.2) is 4.39 Å². The van der Waals surface area contributed by atoms with Crippen molar-refractivity contribution >= 4 is 28.7 Å². The zero-order valence-corrected chi connectivity index (χ0v) is 11.3. The Morgan fingerprint density at radius 1 is 1.26 bits per heavy atom. The predicted molar refractivity (Wildman–Crippen MR) is 77.6 cm³/mol. The summed E-state index contributed by atoms with van der Waals surface area (Å²) < 4.78 is 13.7. The van der Waals surface area contributed by atoms with Gasteiger partial charge >= 0.3 is 0 Å². The van der Waals surface area contributed by atoms with Gasteiger partial charge in [0, 0.05) is 17.8 Å². The zero-order chi connectivity index (χ0) is 13.6. The lowest BCUT2D eigenvalue weighted by atomic mass is 10.1. The Labute approximate surface area is 116 Å². The Kier molecular flexibility index (Phi) is 2.86. The van der Waals surface area contributed by atoms with Crippen LogP contribution in [0.3, 0.4) is 0 Å². The fourth-order valence-corrected chi connectivity index (χ4v) is 2.87. The Bertz CT molecular complexity index is 642. The fraction of sp³-hybridized carbons (Fsp3) is 0.200. The van der Waals surface area contributed by atoms with Crippen molar-refractivity contribution in [3.63, 3.8) is 0 Å². The smallest absolute Gasteiger partial charge is 0.144 e. The van der Waals surface area contributed by atoms with E-state index >= 15 is 0 Å². The maximum Gasteiger partial charge on any atom is 0.144 e. The Hall–Kier alpha value is -1.74. The van der Waals surface area contributed by atoms with E-state index in [0.717, 1.165) is 12.1 Å². The van der Waals surface area contributed by atoms with Crippen molar-refractivity contribution in [2.24, 2.45) is 0 Å². The number of nitrogens with zero attached hydrogens (tertiary/aromatic N) is 1. The van der Waals surface area contributed by atoms with E-state index in [1.54, 1.807) is 0 Å². The van der Waals surface area contributed by atoms with Crippen LogP contribution in [-0.4, -0.2) is 6.04 Å². The summed E-state index contributed by atoms with van der Waals surface area (Å²) in [6, 6.07) is 11.3. The van der Waals surface area contributed by atoms with E-state index < -0.39 is 5.82 Å². The number of halogens is 2. The minimum absolute atomic E-state index is 0.0568. The quantitative estimate of drug-likeness (QED) is 0.793. The van der Waals surface area contributed by atoms with Gasteiger partial charge in [-0.15, -0.1) is 0 Å². The van der Waals surface area contributed by atoms with Crippen LogP contribution in [0.2, 0.25) is 5.02 Å².